The fourth-order valence-corrected chi connectivity index (χ4v) is 4.32. The van der Waals surface area contributed by atoms with Gasteiger partial charge in [0, 0.05) is 47.0 Å². The number of hydrazine groups is 1. The van der Waals surface area contributed by atoms with Crippen molar-refractivity contribution in [3.05, 3.63) is 24.3 Å². The van der Waals surface area contributed by atoms with E-state index in [9.17, 15) is 14.4 Å². The third kappa shape index (κ3) is 6.81. The number of nitrogens with zero attached hydrogens (tertiary/aromatic N) is 6. The molecule has 1 unspecified atom stereocenters. The molecule has 0 spiro atoms. The van der Waals surface area contributed by atoms with Gasteiger partial charge in [0.05, 0.1) is 17.7 Å². The van der Waals surface area contributed by atoms with Gasteiger partial charge < -0.3 is 20.4 Å². The fourth-order valence-electron chi connectivity index (χ4n) is 3.77. The Morgan fingerprint density at radius 1 is 1.37 bits per heavy atom. The third-order valence-corrected chi connectivity index (χ3v) is 6.89. The number of hydrogen-bond donors (Lipinski definition) is 3. The van der Waals surface area contributed by atoms with Crippen LogP contribution in [0.1, 0.15) is 40.0 Å². The second kappa shape index (κ2) is 12.2. The van der Waals surface area contributed by atoms with Crippen molar-refractivity contribution in [2.24, 2.45) is 10.9 Å². The normalized spacial score (nSPS) is 18.3. The van der Waals surface area contributed by atoms with Crippen LogP contribution in [0.4, 0.5) is 4.39 Å². The van der Waals surface area contributed by atoms with E-state index in [4.69, 9.17) is 5.41 Å². The number of carbonyl (C=O) groups is 1. The van der Waals surface area contributed by atoms with E-state index in [0.29, 0.717) is 50.7 Å². The molecule has 0 aromatic rings. The topological polar surface area (TPSA) is 114 Å². The molecule has 1 amide bonds. The maximum Gasteiger partial charge on any atom is 0.227 e. The van der Waals surface area contributed by atoms with Gasteiger partial charge in [-0.2, -0.15) is 5.26 Å². The van der Waals surface area contributed by atoms with Crippen LogP contribution in [0.25, 0.3) is 0 Å². The Labute approximate surface area is 212 Å². The fraction of sp³-hybridized carbons (Fsp3) is 0.652. The van der Waals surface area contributed by atoms with Gasteiger partial charge in [-0.25, -0.2) is 9.38 Å². The van der Waals surface area contributed by atoms with E-state index in [1.54, 1.807) is 11.9 Å². The monoisotopic (exact) mass is 507 g/mol. The van der Waals surface area contributed by atoms with E-state index in [2.05, 4.69) is 28.3 Å². The SMILES string of the molecule is C=CN=C(N1CC(C(=O)NC2(C#N)CC2)C1)N(C)N(C)/C(CC)=C(\NCC)N(C)C(=N)SC(C)F. The van der Waals surface area contributed by atoms with Gasteiger partial charge in [0.2, 0.25) is 11.9 Å². The number of allylic oxidation sites excluding steroid dienone is 1. The summed E-state index contributed by atoms with van der Waals surface area (Å²) in [6.45, 7) is 10.7. The first-order chi connectivity index (χ1) is 16.5. The van der Waals surface area contributed by atoms with E-state index in [0.717, 1.165) is 17.5 Å². The van der Waals surface area contributed by atoms with Crippen LogP contribution in [-0.4, -0.2) is 88.7 Å². The number of nitrogens with one attached hydrogen (secondary N) is 3. The smallest absolute Gasteiger partial charge is 0.227 e. The van der Waals surface area contributed by atoms with Crippen molar-refractivity contribution in [3.63, 3.8) is 0 Å². The number of aliphatic imine (C=N–C) groups is 1. The summed E-state index contributed by atoms with van der Waals surface area (Å²) in [7, 11) is 5.50. The van der Waals surface area contributed by atoms with E-state index in [1.165, 1.54) is 13.1 Å². The molecule has 1 saturated carbocycles. The minimum Gasteiger partial charge on any atom is -0.370 e. The number of carbonyl (C=O) groups excluding carboxylic acids is 1. The Balaban J connectivity index is 2.18. The lowest BCUT2D eigenvalue weighted by molar-refractivity contribution is -0.129. The minimum atomic E-state index is -1.19. The van der Waals surface area contributed by atoms with Crippen LogP contribution in [-0.2, 0) is 4.79 Å². The molecule has 0 radical (unpaired) electrons. The molecule has 0 bridgehead atoms. The predicted molar refractivity (Wildman–Crippen MR) is 139 cm³/mol. The zero-order chi connectivity index (χ0) is 26.3. The van der Waals surface area contributed by atoms with Gasteiger partial charge >= 0.3 is 0 Å². The second-order valence-electron chi connectivity index (χ2n) is 8.65. The highest BCUT2D eigenvalue weighted by atomic mass is 32.2. The van der Waals surface area contributed by atoms with E-state index in [1.807, 2.05) is 42.9 Å². The number of halogens is 1. The third-order valence-electron chi connectivity index (χ3n) is 6.07. The van der Waals surface area contributed by atoms with Crippen LogP contribution in [0.3, 0.4) is 0 Å². The summed E-state index contributed by atoms with van der Waals surface area (Å²) < 4.78 is 13.5. The highest BCUT2D eigenvalue weighted by Gasteiger charge is 2.47. The number of alkyl halides is 1. The summed E-state index contributed by atoms with van der Waals surface area (Å²) in [6.07, 6.45) is 3.51. The molecule has 0 aromatic carbocycles. The quantitative estimate of drug-likeness (QED) is 0.235. The number of thioether (sulfide) groups is 1. The molecular weight excluding hydrogens is 469 g/mol. The van der Waals surface area contributed by atoms with E-state index >= 15 is 0 Å². The van der Waals surface area contributed by atoms with Gasteiger partial charge in [0.15, 0.2) is 5.17 Å². The lowest BCUT2D eigenvalue weighted by Crippen LogP contribution is -2.61. The van der Waals surface area contributed by atoms with Crippen molar-refractivity contribution in [1.29, 1.82) is 10.7 Å². The largest absolute Gasteiger partial charge is 0.370 e. The first kappa shape index (κ1) is 28.3. The minimum absolute atomic E-state index is 0.0975. The summed E-state index contributed by atoms with van der Waals surface area (Å²) in [4.78, 5) is 20.6. The molecule has 194 valence electrons. The number of hydrogen-bond acceptors (Lipinski definition) is 7. The van der Waals surface area contributed by atoms with Crippen molar-refractivity contribution in [2.45, 2.75) is 51.1 Å². The summed E-state index contributed by atoms with van der Waals surface area (Å²) in [6, 6.07) is 2.19. The average molecular weight is 508 g/mol. The molecule has 1 heterocycles. The zero-order valence-corrected chi connectivity index (χ0v) is 22.4. The van der Waals surface area contributed by atoms with Crippen LogP contribution in [0.15, 0.2) is 29.3 Å². The van der Waals surface area contributed by atoms with Crippen molar-refractivity contribution in [1.82, 2.24) is 30.5 Å². The number of rotatable bonds is 10. The number of nitriles is 1. The van der Waals surface area contributed by atoms with Crippen LogP contribution >= 0.6 is 11.8 Å². The Bertz CT molecular complexity index is 903. The van der Waals surface area contributed by atoms with E-state index < -0.39 is 11.0 Å². The van der Waals surface area contributed by atoms with Crippen molar-refractivity contribution in [3.8, 4) is 6.07 Å². The van der Waals surface area contributed by atoms with Crippen molar-refractivity contribution < 1.29 is 9.18 Å². The molecule has 12 heteroatoms. The first-order valence-corrected chi connectivity index (χ1v) is 12.7. The molecule has 2 rings (SSSR count). The standard InChI is InChI=1S/C23H38FN9OS/c1-8-18(19(27-9-2)30(5)21(26)35-16(4)24)31(6)32(7)22(28-10-3)33-13-17(14-33)20(34)29-23(15-25)11-12-23/h10,16-17,26-27H,3,8-9,11-14H2,1-2,4-7H3,(H,29,34)/b19-18+,26-21?,28-22?. The van der Waals surface area contributed by atoms with Gasteiger partial charge in [-0.15, -0.1) is 0 Å². The number of amides is 1. The lowest BCUT2D eigenvalue weighted by atomic mass is 9.99. The Kier molecular flexibility index (Phi) is 9.82. The average Bonchev–Trinajstić information content (AvgIpc) is 3.55. The maximum absolute atomic E-state index is 13.5. The van der Waals surface area contributed by atoms with Crippen LogP contribution in [0, 0.1) is 22.7 Å². The molecule has 2 aliphatic rings. The van der Waals surface area contributed by atoms with Gasteiger partial charge in [-0.05, 0) is 33.1 Å². The molecule has 1 atom stereocenters. The van der Waals surface area contributed by atoms with Crippen LogP contribution in [0.2, 0.25) is 0 Å². The van der Waals surface area contributed by atoms with Crippen molar-refractivity contribution in [2.75, 3.05) is 40.8 Å². The highest BCUT2D eigenvalue weighted by molar-refractivity contribution is 8.14. The zero-order valence-electron chi connectivity index (χ0n) is 21.6. The summed E-state index contributed by atoms with van der Waals surface area (Å²) in [5.74, 6) is 1.02. The van der Waals surface area contributed by atoms with Crippen LogP contribution in [0.5, 0.6) is 0 Å². The number of likely N-dealkylation sites (tertiary alicyclic amines) is 1. The molecule has 35 heavy (non-hydrogen) atoms. The summed E-state index contributed by atoms with van der Waals surface area (Å²) in [5.41, 5.74) is -0.984. The Hall–Kier alpha value is -2.94. The van der Waals surface area contributed by atoms with E-state index in [-0.39, 0.29) is 17.0 Å². The molecule has 1 aliphatic heterocycles. The maximum atomic E-state index is 13.5. The van der Waals surface area contributed by atoms with Gasteiger partial charge in [-0.1, -0.05) is 25.3 Å². The molecule has 1 aliphatic carbocycles. The van der Waals surface area contributed by atoms with Gasteiger partial charge in [0.25, 0.3) is 0 Å². The second-order valence-corrected chi connectivity index (χ2v) is 9.92. The molecular formula is C23H38FN9OS. The molecule has 1 saturated heterocycles. The Morgan fingerprint density at radius 2 is 2.00 bits per heavy atom. The first-order valence-electron chi connectivity index (χ1n) is 11.8. The van der Waals surface area contributed by atoms with Gasteiger partial charge in [-0.3, -0.25) is 20.2 Å². The molecule has 2 fully saturated rings. The predicted octanol–water partition coefficient (Wildman–Crippen LogP) is 2.47. The van der Waals surface area contributed by atoms with Gasteiger partial charge in [0.1, 0.15) is 16.9 Å². The Morgan fingerprint density at radius 3 is 2.46 bits per heavy atom. The van der Waals surface area contributed by atoms with Crippen molar-refractivity contribution >= 4 is 28.8 Å². The summed E-state index contributed by atoms with van der Waals surface area (Å²) in [5, 5.41) is 27.6. The molecule has 3 N–H and O–H groups in total. The molecule has 0 aromatic heterocycles. The number of guanidine groups is 1. The highest BCUT2D eigenvalue weighted by Crippen LogP contribution is 2.35. The molecule has 10 nitrogen and oxygen atoms in total. The summed E-state index contributed by atoms with van der Waals surface area (Å²) >= 11 is 0.843. The van der Waals surface area contributed by atoms with Crippen LogP contribution < -0.4 is 10.6 Å². The lowest BCUT2D eigenvalue weighted by Gasteiger charge is -2.46. The number of amidine groups is 1.